The van der Waals surface area contributed by atoms with Gasteiger partial charge in [0.25, 0.3) is 5.09 Å². The fraction of sp³-hybridized carbons (Fsp3) is 0.243. The quantitative estimate of drug-likeness (QED) is 0.0506. The smallest absolute Gasteiger partial charge is 0.306 e. The van der Waals surface area contributed by atoms with Gasteiger partial charge in [0.1, 0.15) is 19.0 Å². The van der Waals surface area contributed by atoms with E-state index in [0.717, 1.165) is 58.4 Å². The van der Waals surface area contributed by atoms with Gasteiger partial charge >= 0.3 is 5.97 Å². The summed E-state index contributed by atoms with van der Waals surface area (Å²) >= 11 is 0. The molecule has 0 aliphatic heterocycles. The lowest BCUT2D eigenvalue weighted by Crippen LogP contribution is -2.11. The van der Waals surface area contributed by atoms with E-state index in [2.05, 4.69) is 61.2 Å². The zero-order chi connectivity index (χ0) is 34.9. The summed E-state index contributed by atoms with van der Waals surface area (Å²) < 4.78 is 7.53. The van der Waals surface area contributed by atoms with Gasteiger partial charge < -0.3 is 14.1 Å². The van der Waals surface area contributed by atoms with Crippen molar-refractivity contribution in [3.05, 3.63) is 129 Å². The number of para-hydroxylation sites is 1. The van der Waals surface area contributed by atoms with Crippen LogP contribution in [0.5, 0.6) is 0 Å². The van der Waals surface area contributed by atoms with E-state index in [9.17, 15) is 19.7 Å². The largest absolute Gasteiger partial charge is 0.461 e. The molecule has 13 nitrogen and oxygen atoms in total. The fourth-order valence-electron chi connectivity index (χ4n) is 5.78. The molecule has 2 heterocycles. The van der Waals surface area contributed by atoms with Gasteiger partial charge in [0, 0.05) is 30.5 Å². The van der Waals surface area contributed by atoms with Crippen molar-refractivity contribution in [2.75, 3.05) is 0 Å². The zero-order valence-electron chi connectivity index (χ0n) is 27.4. The molecule has 0 amide bonds. The summed E-state index contributed by atoms with van der Waals surface area (Å²) in [6.07, 6.45) is 2.64. The molecule has 0 atom stereocenters. The predicted molar refractivity (Wildman–Crippen MR) is 184 cm³/mol. The number of H-pyrrole nitrogens is 1. The van der Waals surface area contributed by atoms with E-state index in [4.69, 9.17) is 9.72 Å². The Morgan fingerprint density at radius 2 is 1.58 bits per heavy atom. The third-order valence-corrected chi connectivity index (χ3v) is 8.33. The molecular formula is C37H35N7O6. The van der Waals surface area contributed by atoms with Gasteiger partial charge in [-0.2, -0.15) is 5.21 Å². The fourth-order valence-corrected chi connectivity index (χ4v) is 5.78. The highest BCUT2D eigenvalue weighted by Crippen LogP contribution is 2.31. The van der Waals surface area contributed by atoms with Crippen LogP contribution in [0, 0.1) is 10.1 Å². The van der Waals surface area contributed by atoms with Gasteiger partial charge in [-0.3, -0.25) is 9.59 Å². The number of ether oxygens (including phenoxy) is 1. The number of carbonyl (C=O) groups excluding carboxylic acids is 2. The molecule has 0 saturated heterocycles. The molecule has 6 aromatic rings. The maximum Gasteiger partial charge on any atom is 0.306 e. The molecule has 0 unspecified atom stereocenters. The van der Waals surface area contributed by atoms with Crippen molar-refractivity contribution in [3.8, 4) is 22.5 Å². The Hall–Kier alpha value is -6.24. The van der Waals surface area contributed by atoms with E-state index in [1.54, 1.807) is 30.3 Å². The Labute approximate surface area is 287 Å². The number of rotatable bonds is 16. The van der Waals surface area contributed by atoms with Crippen LogP contribution in [0.3, 0.4) is 0 Å². The van der Waals surface area contributed by atoms with Gasteiger partial charge in [0.2, 0.25) is 5.82 Å². The molecule has 6 rings (SSSR count). The number of Topliss-reactive ketones (excluding diaryl/α,β-unsaturated/α-hetero) is 1. The summed E-state index contributed by atoms with van der Waals surface area (Å²) in [5.41, 5.74) is 7.27. The Morgan fingerprint density at radius 1 is 0.860 bits per heavy atom. The number of aryl methyl sites for hydroxylation is 1. The van der Waals surface area contributed by atoms with Crippen molar-refractivity contribution in [1.82, 2.24) is 30.2 Å². The van der Waals surface area contributed by atoms with Crippen molar-refractivity contribution in [3.63, 3.8) is 0 Å². The summed E-state index contributed by atoms with van der Waals surface area (Å²) in [5, 5.41) is 24.1. The minimum atomic E-state index is -0.850. The minimum Gasteiger partial charge on any atom is -0.461 e. The Bertz CT molecular complexity index is 2090. The highest BCUT2D eigenvalue weighted by molar-refractivity contribution is 6.07. The summed E-state index contributed by atoms with van der Waals surface area (Å²) in [7, 11) is 0. The molecule has 0 spiro atoms. The molecular weight excluding hydrogens is 638 g/mol. The number of carbonyl (C=O) groups is 2. The minimum absolute atomic E-state index is 0.0148. The number of aromatic nitrogens is 6. The van der Waals surface area contributed by atoms with E-state index in [1.807, 2.05) is 36.4 Å². The first-order valence-electron chi connectivity index (χ1n) is 16.3. The summed E-state index contributed by atoms with van der Waals surface area (Å²) in [6.45, 7) is 2.52. The van der Waals surface area contributed by atoms with Gasteiger partial charge in [-0.1, -0.05) is 92.2 Å². The van der Waals surface area contributed by atoms with Crippen LogP contribution in [-0.4, -0.2) is 47.0 Å². The first-order chi connectivity index (χ1) is 24.4. The second kappa shape index (κ2) is 15.8. The van der Waals surface area contributed by atoms with Crippen LogP contribution in [0.25, 0.3) is 33.5 Å². The van der Waals surface area contributed by atoms with E-state index in [1.165, 1.54) is 0 Å². The third kappa shape index (κ3) is 8.06. The third-order valence-electron chi connectivity index (χ3n) is 8.33. The number of nitrogens with one attached hydrogen (secondary N) is 1. The maximum atomic E-state index is 13.6. The van der Waals surface area contributed by atoms with E-state index in [0.29, 0.717) is 29.1 Å². The van der Waals surface area contributed by atoms with Gasteiger partial charge in [0.15, 0.2) is 5.78 Å². The Kier molecular flexibility index (Phi) is 10.6. The van der Waals surface area contributed by atoms with Crippen LogP contribution in [-0.2, 0) is 40.5 Å². The van der Waals surface area contributed by atoms with E-state index < -0.39 is 11.1 Å². The number of hydrogen-bond donors (Lipinski definition) is 1. The molecule has 0 radical (unpaired) electrons. The molecule has 0 aliphatic rings. The van der Waals surface area contributed by atoms with Gasteiger partial charge in [0.05, 0.1) is 17.5 Å². The van der Waals surface area contributed by atoms with Crippen molar-refractivity contribution in [1.29, 1.82) is 0 Å². The normalized spacial score (nSPS) is 11.1. The lowest BCUT2D eigenvalue weighted by atomic mass is 9.98. The first kappa shape index (κ1) is 33.7. The van der Waals surface area contributed by atoms with Crippen molar-refractivity contribution in [2.45, 2.75) is 58.8 Å². The first-order valence-corrected chi connectivity index (χ1v) is 16.3. The van der Waals surface area contributed by atoms with E-state index in [-0.39, 0.29) is 31.8 Å². The van der Waals surface area contributed by atoms with Crippen molar-refractivity contribution in [2.24, 2.45) is 0 Å². The van der Waals surface area contributed by atoms with Gasteiger partial charge in [-0.05, 0) is 51.6 Å². The standard InChI is InChI=1S/C37H35N7O6/c1-2-3-11-34-38-32-10-6-9-31(33(45)20-21-35(46)49-23-26-12-14-27(15-13-26)24-50-44(47)48)36(32)43(34)22-25-16-18-28(19-17-25)29-7-4-5-8-30(29)37-39-41-42-40-37/h4-10,12-19H,2-3,11,20-24H2,1H3,(H,39,40,41,42). The van der Waals surface area contributed by atoms with Crippen LogP contribution in [0.4, 0.5) is 0 Å². The number of esters is 1. The second-order valence-electron chi connectivity index (χ2n) is 11.8. The highest BCUT2D eigenvalue weighted by Gasteiger charge is 2.20. The topological polar surface area (TPSA) is 168 Å². The molecule has 4 aromatic carbocycles. The Morgan fingerprint density at radius 3 is 2.28 bits per heavy atom. The predicted octanol–water partition coefficient (Wildman–Crippen LogP) is 6.69. The summed E-state index contributed by atoms with van der Waals surface area (Å²) in [5.74, 6) is 0.767. The molecule has 0 bridgehead atoms. The zero-order valence-corrected chi connectivity index (χ0v) is 27.4. The number of aromatic amines is 1. The molecule has 254 valence electrons. The average molecular weight is 674 g/mol. The summed E-state index contributed by atoms with van der Waals surface area (Å²) in [6, 6.07) is 28.5. The number of hydrogen-bond acceptors (Lipinski definition) is 10. The number of fused-ring (bicyclic) bond motifs is 1. The molecule has 2 aromatic heterocycles. The van der Waals surface area contributed by atoms with Crippen molar-refractivity contribution >= 4 is 22.8 Å². The van der Waals surface area contributed by atoms with Gasteiger partial charge in [-0.15, -0.1) is 20.3 Å². The SMILES string of the molecule is CCCCc1nc2cccc(C(=O)CCC(=O)OCc3ccc(CO[N+](=O)[O-])cc3)c2n1Cc1ccc(-c2ccccc2-c2nn[nH]n2)cc1. The number of benzene rings is 4. The van der Waals surface area contributed by atoms with Crippen LogP contribution < -0.4 is 0 Å². The molecule has 50 heavy (non-hydrogen) atoms. The second-order valence-corrected chi connectivity index (χ2v) is 11.8. The number of tetrazole rings is 1. The van der Waals surface area contributed by atoms with Gasteiger partial charge in [-0.25, -0.2) is 4.98 Å². The lowest BCUT2D eigenvalue weighted by molar-refractivity contribution is -0.763. The maximum absolute atomic E-state index is 13.6. The number of imidazole rings is 1. The van der Waals surface area contributed by atoms with Crippen LogP contribution >= 0.6 is 0 Å². The van der Waals surface area contributed by atoms with Crippen molar-refractivity contribution < 1.29 is 24.3 Å². The average Bonchev–Trinajstić information content (AvgIpc) is 3.81. The van der Waals surface area contributed by atoms with Crippen LogP contribution in [0.15, 0.2) is 91.0 Å². The van der Waals surface area contributed by atoms with E-state index >= 15 is 0 Å². The molecule has 0 aliphatic carbocycles. The highest BCUT2D eigenvalue weighted by atomic mass is 16.9. The molecule has 0 fully saturated rings. The van der Waals surface area contributed by atoms with Crippen LogP contribution in [0.1, 0.15) is 65.5 Å². The lowest BCUT2D eigenvalue weighted by Gasteiger charge is -2.13. The molecule has 1 N–H and O–H groups in total. The Balaban J connectivity index is 1.16. The van der Waals surface area contributed by atoms with Crippen LogP contribution in [0.2, 0.25) is 0 Å². The number of nitrogens with zero attached hydrogens (tertiary/aromatic N) is 6. The molecule has 0 saturated carbocycles. The number of ketones is 1. The monoisotopic (exact) mass is 673 g/mol. The molecule has 13 heteroatoms. The number of unbranched alkanes of at least 4 members (excludes halogenated alkanes) is 1. The summed E-state index contributed by atoms with van der Waals surface area (Å²) in [4.78, 5) is 45.9.